The molecule has 1 amide bonds. The maximum atomic E-state index is 12.7. The van der Waals surface area contributed by atoms with Crippen molar-refractivity contribution in [1.29, 1.82) is 0 Å². The molecule has 2 aromatic rings. The molecule has 1 aliphatic rings. The highest BCUT2D eigenvalue weighted by molar-refractivity contribution is 8.27. The summed E-state index contributed by atoms with van der Waals surface area (Å²) in [5.74, 6) is 1.36. The largest absolute Gasteiger partial charge is 0.497 e. The number of furan rings is 1. The summed E-state index contributed by atoms with van der Waals surface area (Å²) in [6.45, 7) is 1.92. The molecule has 0 aliphatic carbocycles. The van der Waals surface area contributed by atoms with Gasteiger partial charge in [-0.1, -0.05) is 24.0 Å². The minimum Gasteiger partial charge on any atom is -0.497 e. The highest BCUT2D eigenvalue weighted by Crippen LogP contribution is 2.36. The van der Waals surface area contributed by atoms with Crippen molar-refractivity contribution in [3.63, 3.8) is 0 Å². The van der Waals surface area contributed by atoms with Gasteiger partial charge in [0.25, 0.3) is 5.91 Å². The van der Waals surface area contributed by atoms with E-state index in [0.717, 1.165) is 22.8 Å². The Morgan fingerprint density at radius 1 is 1.29 bits per heavy atom. The quantitative estimate of drug-likeness (QED) is 0.589. The highest BCUT2D eigenvalue weighted by Gasteiger charge is 2.33. The van der Waals surface area contributed by atoms with E-state index >= 15 is 0 Å². The van der Waals surface area contributed by atoms with Gasteiger partial charge in [0.2, 0.25) is 0 Å². The van der Waals surface area contributed by atoms with E-state index in [2.05, 4.69) is 0 Å². The summed E-state index contributed by atoms with van der Waals surface area (Å²) in [6.07, 6.45) is 5.31. The molecule has 0 N–H and O–H groups in total. The Morgan fingerprint density at radius 3 is 2.67 bits per heavy atom. The number of nitrogens with zero attached hydrogens (tertiary/aromatic N) is 1. The molecular weight excluding hydrogens is 342 g/mol. The molecule has 2 heterocycles. The first-order valence-corrected chi connectivity index (χ1v) is 8.45. The maximum absolute atomic E-state index is 12.7. The van der Waals surface area contributed by atoms with Crippen molar-refractivity contribution in [2.24, 2.45) is 0 Å². The van der Waals surface area contributed by atoms with Gasteiger partial charge in [0.15, 0.2) is 4.32 Å². The number of methoxy groups -OCH3 is 1. The Morgan fingerprint density at radius 2 is 2.04 bits per heavy atom. The van der Waals surface area contributed by atoms with Gasteiger partial charge in [-0.05, 0) is 61.0 Å². The van der Waals surface area contributed by atoms with Crippen molar-refractivity contribution in [2.45, 2.75) is 6.92 Å². The monoisotopic (exact) mass is 357 g/mol. The molecule has 1 fully saturated rings. The molecule has 0 spiro atoms. The molecule has 0 unspecified atom stereocenters. The molecule has 1 aromatic carbocycles. The van der Waals surface area contributed by atoms with E-state index in [9.17, 15) is 4.79 Å². The van der Waals surface area contributed by atoms with Crippen LogP contribution >= 0.6 is 24.0 Å². The molecule has 1 saturated heterocycles. The average Bonchev–Trinajstić information content (AvgIpc) is 3.16. The molecule has 4 nitrogen and oxygen atoms in total. The number of anilines is 1. The molecule has 24 heavy (non-hydrogen) atoms. The van der Waals surface area contributed by atoms with Gasteiger partial charge in [-0.15, -0.1) is 0 Å². The van der Waals surface area contributed by atoms with Gasteiger partial charge >= 0.3 is 0 Å². The zero-order valence-electron chi connectivity index (χ0n) is 13.2. The Bertz CT molecular complexity index is 820. The smallest absolute Gasteiger partial charge is 0.270 e. The van der Waals surface area contributed by atoms with Crippen LogP contribution in [0.4, 0.5) is 5.69 Å². The van der Waals surface area contributed by atoms with Gasteiger partial charge in [0.05, 0.1) is 24.0 Å². The molecule has 1 aromatic heterocycles. The minimum atomic E-state index is -0.123. The third kappa shape index (κ3) is 3.44. The average molecular weight is 357 g/mol. The molecule has 0 radical (unpaired) electrons. The van der Waals surface area contributed by atoms with Crippen LogP contribution in [0.3, 0.4) is 0 Å². The lowest BCUT2D eigenvalue weighted by atomic mass is 10.2. The van der Waals surface area contributed by atoms with Crippen LogP contribution in [0.25, 0.3) is 6.08 Å². The SMILES string of the molecule is COc1ccc(N2C(=O)/C(=C\C(C)=C\c3ccco3)SC2=S)cc1. The summed E-state index contributed by atoms with van der Waals surface area (Å²) in [7, 11) is 1.60. The van der Waals surface area contributed by atoms with E-state index in [4.69, 9.17) is 21.4 Å². The van der Waals surface area contributed by atoms with Gasteiger partial charge in [-0.25, -0.2) is 0 Å². The first-order valence-electron chi connectivity index (χ1n) is 7.22. The maximum Gasteiger partial charge on any atom is 0.270 e. The Labute approximate surface area is 149 Å². The Hall–Kier alpha value is -2.31. The number of thioether (sulfide) groups is 1. The zero-order valence-corrected chi connectivity index (χ0v) is 14.8. The van der Waals surface area contributed by atoms with Crippen LogP contribution in [0, 0.1) is 0 Å². The lowest BCUT2D eigenvalue weighted by Crippen LogP contribution is -2.27. The van der Waals surface area contributed by atoms with Crippen LogP contribution in [-0.4, -0.2) is 17.3 Å². The van der Waals surface area contributed by atoms with E-state index in [1.807, 2.05) is 43.3 Å². The summed E-state index contributed by atoms with van der Waals surface area (Å²) in [5, 5.41) is 0. The highest BCUT2D eigenvalue weighted by atomic mass is 32.2. The molecule has 1 aliphatic heterocycles. The van der Waals surface area contributed by atoms with Crippen molar-refractivity contribution in [1.82, 2.24) is 0 Å². The van der Waals surface area contributed by atoms with E-state index < -0.39 is 0 Å². The summed E-state index contributed by atoms with van der Waals surface area (Å²) < 4.78 is 10.9. The van der Waals surface area contributed by atoms with Crippen molar-refractivity contribution in [3.8, 4) is 5.75 Å². The van der Waals surface area contributed by atoms with Gasteiger partial charge < -0.3 is 9.15 Å². The number of carbonyl (C=O) groups is 1. The number of benzene rings is 1. The predicted molar refractivity (Wildman–Crippen MR) is 101 cm³/mol. The number of hydrogen-bond acceptors (Lipinski definition) is 5. The van der Waals surface area contributed by atoms with Crippen LogP contribution in [0.15, 0.2) is 63.6 Å². The standard InChI is InChI=1S/C18H15NO3S2/c1-12(10-15-4-3-9-22-15)11-16-17(20)19(18(23)24-16)13-5-7-14(21-2)8-6-13/h3-11H,1-2H3/b12-10+,16-11+. The molecular formula is C18H15NO3S2. The third-order valence-corrected chi connectivity index (χ3v) is 4.70. The van der Waals surface area contributed by atoms with Gasteiger partial charge in [0.1, 0.15) is 11.5 Å². The molecule has 6 heteroatoms. The summed E-state index contributed by atoms with van der Waals surface area (Å²) in [6, 6.07) is 10.9. The second kappa shape index (κ2) is 7.07. The molecule has 122 valence electrons. The number of allylic oxidation sites excluding steroid dienone is 2. The van der Waals surface area contributed by atoms with Gasteiger partial charge in [-0.2, -0.15) is 0 Å². The van der Waals surface area contributed by atoms with Crippen molar-refractivity contribution in [2.75, 3.05) is 12.0 Å². The molecule has 0 saturated carbocycles. The van der Waals surface area contributed by atoms with Crippen LogP contribution in [0.1, 0.15) is 12.7 Å². The van der Waals surface area contributed by atoms with Gasteiger partial charge in [-0.3, -0.25) is 9.69 Å². The fraction of sp³-hybridized carbons (Fsp3) is 0.111. The fourth-order valence-corrected chi connectivity index (χ4v) is 3.62. The number of amides is 1. The lowest BCUT2D eigenvalue weighted by Gasteiger charge is -2.14. The molecule has 0 bridgehead atoms. The molecule has 3 rings (SSSR count). The fourth-order valence-electron chi connectivity index (χ4n) is 2.27. The topological polar surface area (TPSA) is 42.7 Å². The number of carbonyl (C=O) groups excluding carboxylic acids is 1. The minimum absolute atomic E-state index is 0.123. The Balaban J connectivity index is 1.84. The van der Waals surface area contributed by atoms with Crippen LogP contribution in [0.5, 0.6) is 5.75 Å². The first kappa shape index (κ1) is 16.5. The van der Waals surface area contributed by atoms with Crippen molar-refractivity contribution >= 4 is 46.0 Å². The normalized spacial score (nSPS) is 17.0. The van der Waals surface area contributed by atoms with E-state index in [1.165, 1.54) is 16.7 Å². The molecule has 0 atom stereocenters. The zero-order chi connectivity index (χ0) is 17.1. The Kier molecular flexibility index (Phi) is 4.87. The van der Waals surface area contributed by atoms with Crippen molar-refractivity contribution in [3.05, 3.63) is 65.0 Å². The lowest BCUT2D eigenvalue weighted by molar-refractivity contribution is -0.113. The number of hydrogen-bond donors (Lipinski definition) is 0. The number of rotatable bonds is 4. The third-order valence-electron chi connectivity index (χ3n) is 3.40. The van der Waals surface area contributed by atoms with Crippen LogP contribution in [0.2, 0.25) is 0 Å². The summed E-state index contributed by atoms with van der Waals surface area (Å²) >= 11 is 6.66. The summed E-state index contributed by atoms with van der Waals surface area (Å²) in [4.78, 5) is 14.8. The second-order valence-electron chi connectivity index (χ2n) is 5.12. The number of thiocarbonyl (C=S) groups is 1. The van der Waals surface area contributed by atoms with Crippen molar-refractivity contribution < 1.29 is 13.9 Å². The van der Waals surface area contributed by atoms with Crippen LogP contribution < -0.4 is 9.64 Å². The van der Waals surface area contributed by atoms with Crippen LogP contribution in [-0.2, 0) is 4.79 Å². The summed E-state index contributed by atoms with van der Waals surface area (Å²) in [5.41, 5.74) is 1.65. The van der Waals surface area contributed by atoms with E-state index in [1.54, 1.807) is 25.5 Å². The van der Waals surface area contributed by atoms with E-state index in [0.29, 0.717) is 9.23 Å². The number of ether oxygens (including phenoxy) is 1. The predicted octanol–water partition coefficient (Wildman–Crippen LogP) is 4.64. The first-order chi connectivity index (χ1) is 11.6. The second-order valence-corrected chi connectivity index (χ2v) is 6.79. The van der Waals surface area contributed by atoms with Gasteiger partial charge in [0, 0.05) is 0 Å². The van der Waals surface area contributed by atoms with E-state index in [-0.39, 0.29) is 5.91 Å².